The summed E-state index contributed by atoms with van der Waals surface area (Å²) in [6.45, 7) is 5.17. The molecule has 0 bridgehead atoms. The minimum absolute atomic E-state index is 0.124. The molecule has 1 atom stereocenters. The van der Waals surface area contributed by atoms with Crippen LogP contribution in [0.4, 0.5) is 5.69 Å². The van der Waals surface area contributed by atoms with Crippen LogP contribution in [0.1, 0.15) is 43.5 Å². The van der Waals surface area contributed by atoms with E-state index in [2.05, 4.69) is 19.2 Å². The van der Waals surface area contributed by atoms with Gasteiger partial charge in [0, 0.05) is 25.3 Å². The molecule has 0 saturated heterocycles. The molecule has 1 fully saturated rings. The number of amides is 1. The molecule has 1 aliphatic carbocycles. The first-order valence-corrected chi connectivity index (χ1v) is 7.25. The van der Waals surface area contributed by atoms with Crippen molar-refractivity contribution < 1.29 is 4.79 Å². The number of carbonyl (C=O) groups excluding carboxylic acids is 1. The normalized spacial score (nSPS) is 15.9. The molecule has 1 saturated carbocycles. The summed E-state index contributed by atoms with van der Waals surface area (Å²) in [5.41, 5.74) is 1.73. The molecule has 0 aliphatic heterocycles. The maximum Gasteiger partial charge on any atom is 0.255 e. The minimum atomic E-state index is 0.124. The number of benzene rings is 1. The number of carbonyl (C=O) groups is 1. The Labute approximate surface area is 116 Å². The average Bonchev–Trinajstić information content (AvgIpc) is 3.27. The fourth-order valence-corrected chi connectivity index (χ4v) is 2.35. The predicted molar refractivity (Wildman–Crippen MR) is 79.5 cm³/mol. The van der Waals surface area contributed by atoms with Crippen LogP contribution in [-0.2, 0) is 0 Å². The van der Waals surface area contributed by atoms with Gasteiger partial charge in [-0.2, -0.15) is 0 Å². The van der Waals surface area contributed by atoms with Crippen LogP contribution in [0.25, 0.3) is 0 Å². The Morgan fingerprint density at radius 3 is 2.74 bits per heavy atom. The molecule has 19 heavy (non-hydrogen) atoms. The van der Waals surface area contributed by atoms with Crippen LogP contribution in [0.2, 0.25) is 0 Å². The van der Waals surface area contributed by atoms with Crippen molar-refractivity contribution in [3.05, 3.63) is 29.8 Å². The molecule has 104 valence electrons. The molecule has 1 amide bonds. The van der Waals surface area contributed by atoms with Gasteiger partial charge in [0.2, 0.25) is 0 Å². The zero-order valence-electron chi connectivity index (χ0n) is 12.1. The van der Waals surface area contributed by atoms with E-state index < -0.39 is 0 Å². The van der Waals surface area contributed by atoms with Crippen molar-refractivity contribution in [1.82, 2.24) is 4.90 Å². The molecule has 3 heteroatoms. The van der Waals surface area contributed by atoms with Crippen molar-refractivity contribution in [3.63, 3.8) is 0 Å². The van der Waals surface area contributed by atoms with Crippen LogP contribution in [0.3, 0.4) is 0 Å². The highest BCUT2D eigenvalue weighted by Gasteiger charge is 2.33. The van der Waals surface area contributed by atoms with Gasteiger partial charge in [0.1, 0.15) is 0 Å². The lowest BCUT2D eigenvalue weighted by Crippen LogP contribution is -2.36. The summed E-state index contributed by atoms with van der Waals surface area (Å²) in [6, 6.07) is 8.14. The Morgan fingerprint density at radius 2 is 2.11 bits per heavy atom. The molecule has 0 radical (unpaired) electrons. The van der Waals surface area contributed by atoms with Gasteiger partial charge in [0.05, 0.1) is 5.56 Å². The zero-order chi connectivity index (χ0) is 13.8. The Hall–Kier alpha value is -1.51. The van der Waals surface area contributed by atoms with Gasteiger partial charge >= 0.3 is 0 Å². The number of anilines is 1. The first-order valence-electron chi connectivity index (χ1n) is 7.25. The van der Waals surface area contributed by atoms with Crippen molar-refractivity contribution in [3.8, 4) is 0 Å². The highest BCUT2D eigenvalue weighted by molar-refractivity contribution is 5.99. The average molecular weight is 260 g/mol. The largest absolute Gasteiger partial charge is 0.384 e. The highest BCUT2D eigenvalue weighted by atomic mass is 16.2. The Balaban J connectivity index is 2.12. The van der Waals surface area contributed by atoms with Gasteiger partial charge in [-0.15, -0.1) is 0 Å². The first kappa shape index (κ1) is 13.9. The van der Waals surface area contributed by atoms with Gasteiger partial charge in [-0.1, -0.05) is 19.1 Å². The summed E-state index contributed by atoms with van der Waals surface area (Å²) in [6.07, 6.45) is 3.57. The number of hydrogen-bond donors (Lipinski definition) is 1. The summed E-state index contributed by atoms with van der Waals surface area (Å²) in [5, 5.41) is 3.33. The quantitative estimate of drug-likeness (QED) is 0.850. The van der Waals surface area contributed by atoms with E-state index in [0.29, 0.717) is 12.0 Å². The van der Waals surface area contributed by atoms with Crippen LogP contribution >= 0.6 is 0 Å². The van der Waals surface area contributed by atoms with Crippen LogP contribution in [-0.4, -0.2) is 30.4 Å². The van der Waals surface area contributed by atoms with E-state index >= 15 is 0 Å². The maximum atomic E-state index is 12.6. The minimum Gasteiger partial charge on any atom is -0.384 e. The van der Waals surface area contributed by atoms with Gasteiger partial charge in [-0.25, -0.2) is 0 Å². The third kappa shape index (κ3) is 3.28. The number of rotatable bonds is 6. The molecule has 0 aromatic heterocycles. The molecular weight excluding hydrogens is 236 g/mol. The van der Waals surface area contributed by atoms with E-state index in [1.165, 1.54) is 12.8 Å². The smallest absolute Gasteiger partial charge is 0.255 e. The van der Waals surface area contributed by atoms with Gasteiger partial charge in [-0.3, -0.25) is 4.79 Å². The van der Waals surface area contributed by atoms with E-state index in [4.69, 9.17) is 0 Å². The summed E-state index contributed by atoms with van der Waals surface area (Å²) >= 11 is 0. The molecule has 0 heterocycles. The summed E-state index contributed by atoms with van der Waals surface area (Å²) in [5.74, 6) is 0.823. The summed E-state index contributed by atoms with van der Waals surface area (Å²) in [4.78, 5) is 14.5. The van der Waals surface area contributed by atoms with E-state index in [-0.39, 0.29) is 5.91 Å². The molecule has 1 aromatic rings. The van der Waals surface area contributed by atoms with Gasteiger partial charge in [0.25, 0.3) is 5.91 Å². The second-order valence-corrected chi connectivity index (χ2v) is 5.47. The monoisotopic (exact) mass is 260 g/mol. The van der Waals surface area contributed by atoms with E-state index in [1.807, 2.05) is 36.2 Å². The van der Waals surface area contributed by atoms with Crippen molar-refractivity contribution in [2.45, 2.75) is 39.2 Å². The topological polar surface area (TPSA) is 32.3 Å². The highest BCUT2D eigenvalue weighted by Crippen LogP contribution is 2.35. The standard InChI is InChI=1S/C16H24N2O/c1-4-11-17-15-8-6-5-7-14(15)16(19)18(3)12(2)13-9-10-13/h5-8,12-13,17H,4,9-11H2,1-3H3. The van der Waals surface area contributed by atoms with Gasteiger partial charge in [0.15, 0.2) is 0 Å². The molecule has 1 N–H and O–H groups in total. The van der Waals surface area contributed by atoms with Crippen molar-refractivity contribution >= 4 is 11.6 Å². The van der Waals surface area contributed by atoms with E-state index in [9.17, 15) is 4.79 Å². The van der Waals surface area contributed by atoms with Crippen molar-refractivity contribution in [1.29, 1.82) is 0 Å². The number of para-hydroxylation sites is 1. The van der Waals surface area contributed by atoms with Crippen molar-refractivity contribution in [2.24, 2.45) is 5.92 Å². The number of hydrogen-bond acceptors (Lipinski definition) is 2. The van der Waals surface area contributed by atoms with Gasteiger partial charge in [-0.05, 0) is 44.2 Å². The lowest BCUT2D eigenvalue weighted by Gasteiger charge is -2.26. The van der Waals surface area contributed by atoms with E-state index in [1.54, 1.807) is 0 Å². The predicted octanol–water partition coefficient (Wildman–Crippen LogP) is 3.38. The molecule has 0 spiro atoms. The van der Waals surface area contributed by atoms with Gasteiger partial charge < -0.3 is 10.2 Å². The van der Waals surface area contributed by atoms with E-state index in [0.717, 1.165) is 24.2 Å². The SMILES string of the molecule is CCCNc1ccccc1C(=O)N(C)C(C)C1CC1. The van der Waals surface area contributed by atoms with Crippen LogP contribution < -0.4 is 5.32 Å². The first-order chi connectivity index (χ1) is 9.15. The van der Waals surface area contributed by atoms with Crippen LogP contribution in [0, 0.1) is 5.92 Å². The summed E-state index contributed by atoms with van der Waals surface area (Å²) < 4.78 is 0. The second-order valence-electron chi connectivity index (χ2n) is 5.47. The Bertz CT molecular complexity index is 440. The molecule has 3 nitrogen and oxygen atoms in total. The molecule has 1 aliphatic rings. The van der Waals surface area contributed by atoms with Crippen LogP contribution in [0.15, 0.2) is 24.3 Å². The van der Waals surface area contributed by atoms with Crippen molar-refractivity contribution in [2.75, 3.05) is 18.9 Å². The number of nitrogens with one attached hydrogen (secondary N) is 1. The second kappa shape index (κ2) is 6.09. The molecular formula is C16H24N2O. The fourth-order valence-electron chi connectivity index (χ4n) is 2.35. The van der Waals surface area contributed by atoms with Crippen LogP contribution in [0.5, 0.6) is 0 Å². The molecule has 1 unspecified atom stereocenters. The third-order valence-corrected chi connectivity index (χ3v) is 3.96. The molecule has 1 aromatic carbocycles. The third-order valence-electron chi connectivity index (χ3n) is 3.96. The lowest BCUT2D eigenvalue weighted by molar-refractivity contribution is 0.0728. The Kier molecular flexibility index (Phi) is 4.46. The zero-order valence-corrected chi connectivity index (χ0v) is 12.1. The Morgan fingerprint density at radius 1 is 1.42 bits per heavy atom. The maximum absolute atomic E-state index is 12.6. The summed E-state index contributed by atoms with van der Waals surface area (Å²) in [7, 11) is 1.92. The fraction of sp³-hybridized carbons (Fsp3) is 0.562. The molecule has 2 rings (SSSR count). The lowest BCUT2D eigenvalue weighted by atomic mass is 10.1. The number of nitrogens with zero attached hydrogens (tertiary/aromatic N) is 1.